The van der Waals surface area contributed by atoms with Crippen molar-refractivity contribution < 1.29 is 32.2 Å². The van der Waals surface area contributed by atoms with Crippen LogP contribution in [0.1, 0.15) is 37.9 Å². The highest BCUT2D eigenvalue weighted by Crippen LogP contribution is 2.32. The summed E-state index contributed by atoms with van der Waals surface area (Å²) in [6.07, 6.45) is -4.47. The predicted molar refractivity (Wildman–Crippen MR) is 102 cm³/mol. The van der Waals surface area contributed by atoms with Crippen LogP contribution in [0.2, 0.25) is 0 Å². The van der Waals surface area contributed by atoms with Crippen LogP contribution in [0.3, 0.4) is 0 Å². The highest BCUT2D eigenvalue weighted by atomic mass is 19.4. The van der Waals surface area contributed by atoms with Crippen LogP contribution < -0.4 is 19.5 Å². The lowest BCUT2D eigenvalue weighted by Gasteiger charge is -2.18. The van der Waals surface area contributed by atoms with Crippen molar-refractivity contribution in [1.82, 2.24) is 5.32 Å². The fraction of sp³-hybridized carbons (Fsp3) is 0.381. The molecule has 0 saturated carbocycles. The molecule has 0 bridgehead atoms. The number of benzene rings is 2. The first-order valence-corrected chi connectivity index (χ1v) is 9.23. The first kappa shape index (κ1) is 22.4. The van der Waals surface area contributed by atoms with Gasteiger partial charge in [0, 0.05) is 0 Å². The van der Waals surface area contributed by atoms with Crippen LogP contribution in [0.25, 0.3) is 0 Å². The van der Waals surface area contributed by atoms with Crippen molar-refractivity contribution >= 4 is 5.91 Å². The summed E-state index contributed by atoms with van der Waals surface area (Å²) in [7, 11) is 0. The molecule has 8 heteroatoms. The third-order valence-electron chi connectivity index (χ3n) is 3.98. The Morgan fingerprint density at radius 1 is 1.00 bits per heavy atom. The number of carbonyl (C=O) groups excluding carboxylic acids is 1. The lowest BCUT2D eigenvalue weighted by Crippen LogP contribution is -2.31. The van der Waals surface area contributed by atoms with Gasteiger partial charge in [-0.05, 0) is 56.7 Å². The van der Waals surface area contributed by atoms with Crippen molar-refractivity contribution in [3.63, 3.8) is 0 Å². The van der Waals surface area contributed by atoms with E-state index in [1.54, 1.807) is 19.1 Å². The van der Waals surface area contributed by atoms with Crippen LogP contribution in [0.15, 0.2) is 42.5 Å². The Hall–Kier alpha value is -2.90. The zero-order valence-corrected chi connectivity index (χ0v) is 16.5. The number of hydrogen-bond acceptors (Lipinski definition) is 4. The van der Waals surface area contributed by atoms with E-state index < -0.39 is 24.3 Å². The van der Waals surface area contributed by atoms with E-state index in [9.17, 15) is 18.0 Å². The van der Waals surface area contributed by atoms with Crippen molar-refractivity contribution in [2.24, 2.45) is 0 Å². The van der Waals surface area contributed by atoms with Crippen LogP contribution in [-0.4, -0.2) is 25.7 Å². The average molecular weight is 411 g/mol. The average Bonchev–Trinajstić information content (AvgIpc) is 2.67. The Morgan fingerprint density at radius 2 is 1.69 bits per heavy atom. The molecule has 0 unspecified atom stereocenters. The molecule has 2 aromatic rings. The van der Waals surface area contributed by atoms with E-state index >= 15 is 0 Å². The first-order valence-electron chi connectivity index (χ1n) is 9.23. The van der Waals surface area contributed by atoms with Crippen LogP contribution in [0.4, 0.5) is 13.2 Å². The van der Waals surface area contributed by atoms with Crippen molar-refractivity contribution in [3.05, 3.63) is 53.6 Å². The highest BCUT2D eigenvalue weighted by Gasteiger charge is 2.30. The molecule has 1 amide bonds. The van der Waals surface area contributed by atoms with E-state index in [-0.39, 0.29) is 11.8 Å². The van der Waals surface area contributed by atoms with Crippen LogP contribution >= 0.6 is 0 Å². The number of ether oxygens (including phenoxy) is 3. The minimum absolute atomic E-state index is 0.0256. The molecule has 0 fully saturated rings. The molecule has 158 valence electrons. The van der Waals surface area contributed by atoms with Crippen molar-refractivity contribution in [3.8, 4) is 17.2 Å². The Balaban J connectivity index is 1.98. The summed E-state index contributed by atoms with van der Waals surface area (Å²) < 4.78 is 54.5. The van der Waals surface area contributed by atoms with Gasteiger partial charge in [-0.25, -0.2) is 0 Å². The maximum Gasteiger partial charge on any atom is 0.416 e. The molecule has 0 saturated heterocycles. The molecule has 0 aliphatic heterocycles. The summed E-state index contributed by atoms with van der Waals surface area (Å²) in [6, 6.07) is 9.40. The normalized spacial score (nSPS) is 12.2. The minimum Gasteiger partial charge on any atom is -0.490 e. The molecule has 29 heavy (non-hydrogen) atoms. The minimum atomic E-state index is -4.47. The maximum absolute atomic E-state index is 12.7. The fourth-order valence-electron chi connectivity index (χ4n) is 2.61. The molecule has 0 radical (unpaired) electrons. The van der Waals surface area contributed by atoms with E-state index in [1.807, 2.05) is 19.9 Å². The summed E-state index contributed by atoms with van der Waals surface area (Å²) in [4.78, 5) is 12.1. The molecule has 1 N–H and O–H groups in total. The van der Waals surface area contributed by atoms with Gasteiger partial charge in [0.15, 0.2) is 18.1 Å². The van der Waals surface area contributed by atoms with Gasteiger partial charge in [0.25, 0.3) is 5.91 Å². The molecule has 0 aromatic heterocycles. The van der Waals surface area contributed by atoms with Gasteiger partial charge in [-0.3, -0.25) is 4.79 Å². The molecule has 1 atom stereocenters. The zero-order valence-electron chi connectivity index (χ0n) is 16.5. The van der Waals surface area contributed by atoms with Gasteiger partial charge in [0.05, 0.1) is 24.8 Å². The molecule has 0 aliphatic carbocycles. The smallest absolute Gasteiger partial charge is 0.416 e. The van der Waals surface area contributed by atoms with Gasteiger partial charge >= 0.3 is 6.18 Å². The second kappa shape index (κ2) is 10.0. The fourth-order valence-corrected chi connectivity index (χ4v) is 2.61. The molecule has 2 rings (SSSR count). The van der Waals surface area contributed by atoms with E-state index in [4.69, 9.17) is 14.2 Å². The largest absolute Gasteiger partial charge is 0.490 e. The lowest BCUT2D eigenvalue weighted by molar-refractivity contribution is -0.137. The Kier molecular flexibility index (Phi) is 7.75. The van der Waals surface area contributed by atoms with Crippen molar-refractivity contribution in [2.75, 3.05) is 19.8 Å². The highest BCUT2D eigenvalue weighted by molar-refractivity contribution is 5.78. The molecule has 0 aliphatic rings. The number of rotatable bonds is 9. The number of nitrogens with one attached hydrogen (secondary N) is 1. The van der Waals surface area contributed by atoms with E-state index in [0.29, 0.717) is 24.7 Å². The zero-order chi connectivity index (χ0) is 21.4. The van der Waals surface area contributed by atoms with Crippen molar-refractivity contribution in [1.29, 1.82) is 0 Å². The summed E-state index contributed by atoms with van der Waals surface area (Å²) in [5, 5.41) is 2.75. The van der Waals surface area contributed by atoms with Crippen LogP contribution in [0.5, 0.6) is 17.2 Å². The number of halogens is 3. The Bertz CT molecular complexity index is 824. The van der Waals surface area contributed by atoms with Gasteiger partial charge < -0.3 is 19.5 Å². The molecular weight excluding hydrogens is 387 g/mol. The molecular formula is C21H24F3NO4. The number of carbonyl (C=O) groups is 1. The Morgan fingerprint density at radius 3 is 2.34 bits per heavy atom. The molecule has 2 aromatic carbocycles. The number of amides is 1. The summed E-state index contributed by atoms with van der Waals surface area (Å²) in [6.45, 7) is 6.08. The second-order valence-corrected chi connectivity index (χ2v) is 6.18. The summed E-state index contributed by atoms with van der Waals surface area (Å²) in [5.74, 6) is 0.710. The quantitative estimate of drug-likeness (QED) is 0.647. The van der Waals surface area contributed by atoms with E-state index in [2.05, 4.69) is 5.32 Å². The van der Waals surface area contributed by atoms with E-state index in [1.165, 1.54) is 12.1 Å². The molecule has 0 spiro atoms. The van der Waals surface area contributed by atoms with Crippen LogP contribution in [0, 0.1) is 0 Å². The van der Waals surface area contributed by atoms with Gasteiger partial charge in [0.2, 0.25) is 0 Å². The predicted octanol–water partition coefficient (Wildman–Crippen LogP) is 4.76. The standard InChI is InChI=1S/C21H24F3NO4/c1-4-27-18-10-9-15(11-19(18)28-5-2)14(3)25-20(26)13-29-17-8-6-7-16(12-17)21(22,23)24/h6-12,14H,4-5,13H2,1-3H3,(H,25,26)/t14-/m0/s1. The van der Waals surface area contributed by atoms with Crippen molar-refractivity contribution in [2.45, 2.75) is 33.0 Å². The Labute approximate surface area is 167 Å². The van der Waals surface area contributed by atoms with Gasteiger partial charge in [0.1, 0.15) is 5.75 Å². The van der Waals surface area contributed by atoms with Crippen LogP contribution in [-0.2, 0) is 11.0 Å². The van der Waals surface area contributed by atoms with Gasteiger partial charge in [-0.15, -0.1) is 0 Å². The third-order valence-corrected chi connectivity index (χ3v) is 3.98. The lowest BCUT2D eigenvalue weighted by atomic mass is 10.1. The van der Waals surface area contributed by atoms with Gasteiger partial charge in [-0.1, -0.05) is 12.1 Å². The summed E-state index contributed by atoms with van der Waals surface area (Å²) in [5.41, 5.74) is -0.0362. The SMILES string of the molecule is CCOc1ccc([C@H](C)NC(=O)COc2cccc(C(F)(F)F)c2)cc1OCC. The topological polar surface area (TPSA) is 56.8 Å². The maximum atomic E-state index is 12.7. The number of alkyl halides is 3. The molecule has 0 heterocycles. The first-order chi connectivity index (χ1) is 13.7. The number of hydrogen-bond donors (Lipinski definition) is 1. The van der Waals surface area contributed by atoms with Gasteiger partial charge in [-0.2, -0.15) is 13.2 Å². The van der Waals surface area contributed by atoms with E-state index in [0.717, 1.165) is 17.7 Å². The molecule has 5 nitrogen and oxygen atoms in total. The third kappa shape index (κ3) is 6.58. The summed E-state index contributed by atoms with van der Waals surface area (Å²) >= 11 is 0. The monoisotopic (exact) mass is 411 g/mol. The second-order valence-electron chi connectivity index (χ2n) is 6.18.